The van der Waals surface area contributed by atoms with E-state index in [2.05, 4.69) is 25.7 Å². The first kappa shape index (κ1) is 13.0. The molecule has 1 rings (SSSR count). The second kappa shape index (κ2) is 5.86. The minimum Gasteiger partial charge on any atom is -0.330 e. The molecule has 90 valence electrons. The van der Waals surface area contributed by atoms with E-state index in [0.717, 1.165) is 19.0 Å². The number of likely N-dealkylation sites (tertiary alicyclic amines) is 1. The van der Waals surface area contributed by atoms with Crippen molar-refractivity contribution in [3.63, 3.8) is 0 Å². The predicted octanol–water partition coefficient (Wildman–Crippen LogP) is 2.63. The first-order valence-corrected chi connectivity index (χ1v) is 6.53. The molecule has 0 aromatic rings. The number of nitrogens with two attached hydrogens (primary N) is 1. The fraction of sp³-hybridized carbons (Fsp3) is 1.00. The summed E-state index contributed by atoms with van der Waals surface area (Å²) in [6, 6.07) is 0.726. The highest BCUT2D eigenvalue weighted by atomic mass is 15.2. The molecular weight excluding hydrogens is 184 g/mol. The van der Waals surface area contributed by atoms with Crippen LogP contribution in [0.15, 0.2) is 0 Å². The Hall–Kier alpha value is -0.0800. The molecule has 1 aliphatic heterocycles. The second-order valence-corrected chi connectivity index (χ2v) is 5.69. The smallest absolute Gasteiger partial charge is 0.0105 e. The molecule has 0 bridgehead atoms. The lowest BCUT2D eigenvalue weighted by atomic mass is 9.85. The predicted molar refractivity (Wildman–Crippen MR) is 67.0 cm³/mol. The van der Waals surface area contributed by atoms with Crippen LogP contribution in [-0.4, -0.2) is 30.6 Å². The number of nitrogens with zero attached hydrogens (tertiary/aromatic N) is 1. The van der Waals surface area contributed by atoms with E-state index in [-0.39, 0.29) is 0 Å². The molecule has 2 heteroatoms. The first-order chi connectivity index (χ1) is 7.09. The lowest BCUT2D eigenvalue weighted by Crippen LogP contribution is -2.37. The monoisotopic (exact) mass is 212 g/mol. The van der Waals surface area contributed by atoms with Crippen molar-refractivity contribution in [1.82, 2.24) is 4.90 Å². The third-order valence-corrected chi connectivity index (χ3v) is 3.86. The van der Waals surface area contributed by atoms with Gasteiger partial charge in [0.15, 0.2) is 0 Å². The van der Waals surface area contributed by atoms with E-state index in [0.29, 0.717) is 5.41 Å². The molecule has 1 unspecified atom stereocenters. The molecule has 1 fully saturated rings. The van der Waals surface area contributed by atoms with E-state index in [1.165, 1.54) is 38.8 Å². The molecule has 1 aliphatic rings. The van der Waals surface area contributed by atoms with E-state index in [4.69, 9.17) is 5.73 Å². The Morgan fingerprint density at radius 1 is 1.27 bits per heavy atom. The summed E-state index contributed by atoms with van der Waals surface area (Å²) < 4.78 is 0. The summed E-state index contributed by atoms with van der Waals surface area (Å²) in [7, 11) is 0. The maximum absolute atomic E-state index is 5.68. The molecule has 0 aliphatic carbocycles. The molecule has 0 amide bonds. The second-order valence-electron chi connectivity index (χ2n) is 5.69. The highest BCUT2D eigenvalue weighted by Crippen LogP contribution is 2.30. The molecule has 0 spiro atoms. The topological polar surface area (TPSA) is 29.3 Å². The van der Waals surface area contributed by atoms with Crippen molar-refractivity contribution in [3.05, 3.63) is 0 Å². The first-order valence-electron chi connectivity index (χ1n) is 6.53. The molecule has 15 heavy (non-hydrogen) atoms. The molecule has 0 aromatic heterocycles. The maximum Gasteiger partial charge on any atom is 0.0105 e. The van der Waals surface area contributed by atoms with Crippen molar-refractivity contribution in [2.45, 2.75) is 58.9 Å². The largest absolute Gasteiger partial charge is 0.330 e. The third-order valence-electron chi connectivity index (χ3n) is 3.86. The van der Waals surface area contributed by atoms with Crippen molar-refractivity contribution in [1.29, 1.82) is 0 Å². The van der Waals surface area contributed by atoms with Crippen LogP contribution >= 0.6 is 0 Å². The van der Waals surface area contributed by atoms with Gasteiger partial charge in [-0.25, -0.2) is 0 Å². The minimum absolute atomic E-state index is 0.551. The van der Waals surface area contributed by atoms with Crippen LogP contribution in [0, 0.1) is 5.41 Å². The fourth-order valence-corrected chi connectivity index (χ4v) is 2.65. The van der Waals surface area contributed by atoms with Crippen LogP contribution in [0.25, 0.3) is 0 Å². The van der Waals surface area contributed by atoms with Gasteiger partial charge in [0.25, 0.3) is 0 Å². The molecule has 0 saturated carbocycles. The van der Waals surface area contributed by atoms with Crippen LogP contribution in [-0.2, 0) is 0 Å². The van der Waals surface area contributed by atoms with Crippen molar-refractivity contribution in [2.75, 3.05) is 19.6 Å². The van der Waals surface area contributed by atoms with Crippen LogP contribution in [0.1, 0.15) is 52.9 Å². The summed E-state index contributed by atoms with van der Waals surface area (Å²) >= 11 is 0. The van der Waals surface area contributed by atoms with Gasteiger partial charge in [0.1, 0.15) is 0 Å². The van der Waals surface area contributed by atoms with Gasteiger partial charge in [0.2, 0.25) is 0 Å². The normalized spacial score (nSPS) is 24.8. The Labute approximate surface area is 95.2 Å². The summed E-state index contributed by atoms with van der Waals surface area (Å²) in [5.41, 5.74) is 6.23. The number of hydrogen-bond donors (Lipinski definition) is 1. The van der Waals surface area contributed by atoms with Gasteiger partial charge in [-0.1, -0.05) is 20.8 Å². The molecule has 2 nitrogen and oxygen atoms in total. The lowest BCUT2D eigenvalue weighted by Gasteiger charge is -2.30. The zero-order valence-electron chi connectivity index (χ0n) is 10.8. The van der Waals surface area contributed by atoms with E-state index in [1.54, 1.807) is 0 Å². The zero-order chi connectivity index (χ0) is 11.3. The van der Waals surface area contributed by atoms with E-state index in [1.807, 2.05) is 0 Å². The molecule has 2 N–H and O–H groups in total. The molecule has 0 radical (unpaired) electrons. The van der Waals surface area contributed by atoms with Gasteiger partial charge in [-0.15, -0.1) is 0 Å². The highest BCUT2D eigenvalue weighted by molar-refractivity contribution is 4.80. The third kappa shape index (κ3) is 4.12. The highest BCUT2D eigenvalue weighted by Gasteiger charge is 2.25. The van der Waals surface area contributed by atoms with Crippen molar-refractivity contribution < 1.29 is 0 Å². The zero-order valence-corrected chi connectivity index (χ0v) is 10.8. The Bertz CT molecular complexity index is 177. The van der Waals surface area contributed by atoms with E-state index < -0.39 is 0 Å². The van der Waals surface area contributed by atoms with E-state index >= 15 is 0 Å². The lowest BCUT2D eigenvalue weighted by molar-refractivity contribution is 0.182. The van der Waals surface area contributed by atoms with Crippen LogP contribution in [0.5, 0.6) is 0 Å². The van der Waals surface area contributed by atoms with Gasteiger partial charge in [0, 0.05) is 6.04 Å². The Morgan fingerprint density at radius 2 is 2.00 bits per heavy atom. The van der Waals surface area contributed by atoms with Crippen LogP contribution in [0.3, 0.4) is 0 Å². The molecule has 0 aromatic carbocycles. The van der Waals surface area contributed by atoms with Gasteiger partial charge in [-0.05, 0) is 57.2 Å². The van der Waals surface area contributed by atoms with Crippen LogP contribution in [0.4, 0.5) is 0 Å². The summed E-state index contributed by atoms with van der Waals surface area (Å²) in [4.78, 5) is 2.67. The van der Waals surface area contributed by atoms with Gasteiger partial charge >= 0.3 is 0 Å². The summed E-state index contributed by atoms with van der Waals surface area (Å²) in [6.07, 6.45) is 6.49. The van der Waals surface area contributed by atoms with Crippen molar-refractivity contribution in [2.24, 2.45) is 11.1 Å². The van der Waals surface area contributed by atoms with Crippen LogP contribution < -0.4 is 5.73 Å². The molecular formula is C13H28N2. The molecule has 1 heterocycles. The Morgan fingerprint density at radius 3 is 2.60 bits per heavy atom. The van der Waals surface area contributed by atoms with Crippen molar-refractivity contribution in [3.8, 4) is 0 Å². The van der Waals surface area contributed by atoms with Gasteiger partial charge in [-0.2, -0.15) is 0 Å². The fourth-order valence-electron chi connectivity index (χ4n) is 2.65. The van der Waals surface area contributed by atoms with Crippen molar-refractivity contribution >= 4 is 0 Å². The minimum atomic E-state index is 0.551. The quantitative estimate of drug-likeness (QED) is 0.776. The molecule has 1 saturated heterocycles. The number of rotatable bonds is 4. The number of hydrogen-bond acceptors (Lipinski definition) is 2. The average molecular weight is 212 g/mol. The Kier molecular flexibility index (Phi) is 5.07. The molecule has 1 atom stereocenters. The van der Waals surface area contributed by atoms with Gasteiger partial charge in [0.05, 0.1) is 0 Å². The summed E-state index contributed by atoms with van der Waals surface area (Å²) in [6.45, 7) is 10.5. The summed E-state index contributed by atoms with van der Waals surface area (Å²) in [5, 5.41) is 0. The average Bonchev–Trinajstić information content (AvgIpc) is 2.36. The maximum atomic E-state index is 5.68. The summed E-state index contributed by atoms with van der Waals surface area (Å²) in [5.74, 6) is 0. The van der Waals surface area contributed by atoms with Gasteiger partial charge < -0.3 is 10.6 Å². The van der Waals surface area contributed by atoms with Crippen LogP contribution in [0.2, 0.25) is 0 Å². The van der Waals surface area contributed by atoms with E-state index in [9.17, 15) is 0 Å². The standard InChI is InChI=1S/C13H28N2/c1-4-12(6-9-14)15-10-5-7-13(2,3)8-11-15/h12H,4-11,14H2,1-3H3. The SMILES string of the molecule is CCC(CCN)N1CCCC(C)(C)CC1. The Balaban J connectivity index is 2.48. The van der Waals surface area contributed by atoms with Gasteiger partial charge in [-0.3, -0.25) is 0 Å².